The fraction of sp³-hybridized carbons (Fsp3) is 0.290. The molecule has 4 rings (SSSR count). The highest BCUT2D eigenvalue weighted by Crippen LogP contribution is 2.32. The molecule has 3 aromatic carbocycles. The van der Waals surface area contributed by atoms with E-state index >= 15 is 0 Å². The summed E-state index contributed by atoms with van der Waals surface area (Å²) in [4.78, 5) is 53.2. The molecule has 3 N–H and O–H groups in total. The SMILES string of the molecule is CN(C(=O)COc1ccccc1N(CC1CCCC1)C(=O)CNC(=O)Nc1cccc(C(=O)O)c1)c1cccc(Cl)c1. The van der Waals surface area contributed by atoms with Crippen molar-refractivity contribution in [2.24, 2.45) is 5.92 Å². The number of amides is 4. The summed E-state index contributed by atoms with van der Waals surface area (Å²) in [6.07, 6.45) is 4.16. The first-order valence-corrected chi connectivity index (χ1v) is 14.0. The van der Waals surface area contributed by atoms with E-state index in [1.165, 1.54) is 23.1 Å². The maximum atomic E-state index is 13.5. The molecule has 11 heteroatoms. The van der Waals surface area contributed by atoms with E-state index in [0.29, 0.717) is 34.6 Å². The maximum absolute atomic E-state index is 13.5. The van der Waals surface area contributed by atoms with E-state index in [-0.39, 0.29) is 36.2 Å². The molecule has 0 radical (unpaired) electrons. The number of ether oxygens (including phenoxy) is 1. The Kier molecular flexibility index (Phi) is 10.4. The minimum Gasteiger partial charge on any atom is -0.482 e. The summed E-state index contributed by atoms with van der Waals surface area (Å²) in [7, 11) is 1.63. The van der Waals surface area contributed by atoms with Gasteiger partial charge in [0.25, 0.3) is 5.91 Å². The van der Waals surface area contributed by atoms with Gasteiger partial charge in [0, 0.05) is 30.0 Å². The molecule has 0 spiro atoms. The number of carbonyl (C=O) groups is 4. The van der Waals surface area contributed by atoms with Crippen LogP contribution in [0.5, 0.6) is 5.75 Å². The number of hydrogen-bond acceptors (Lipinski definition) is 5. The fourth-order valence-electron chi connectivity index (χ4n) is 4.81. The summed E-state index contributed by atoms with van der Waals surface area (Å²) in [5.41, 5.74) is 1.44. The smallest absolute Gasteiger partial charge is 0.335 e. The van der Waals surface area contributed by atoms with Crippen LogP contribution in [-0.4, -0.2) is 55.7 Å². The van der Waals surface area contributed by atoms with Crippen molar-refractivity contribution < 1.29 is 29.0 Å². The zero-order valence-corrected chi connectivity index (χ0v) is 24.0. The van der Waals surface area contributed by atoms with E-state index in [4.69, 9.17) is 16.3 Å². The van der Waals surface area contributed by atoms with Crippen molar-refractivity contribution in [1.29, 1.82) is 0 Å². The van der Waals surface area contributed by atoms with Crippen LogP contribution < -0.4 is 25.2 Å². The van der Waals surface area contributed by atoms with Crippen molar-refractivity contribution in [3.63, 3.8) is 0 Å². The Morgan fingerprint density at radius 3 is 2.43 bits per heavy atom. The van der Waals surface area contributed by atoms with Gasteiger partial charge >= 0.3 is 12.0 Å². The molecule has 0 saturated heterocycles. The highest BCUT2D eigenvalue weighted by Gasteiger charge is 2.26. The average molecular weight is 593 g/mol. The van der Waals surface area contributed by atoms with Gasteiger partial charge in [-0.1, -0.05) is 48.7 Å². The van der Waals surface area contributed by atoms with Crippen LogP contribution >= 0.6 is 11.6 Å². The van der Waals surface area contributed by atoms with Crippen LogP contribution in [0, 0.1) is 5.92 Å². The Hall–Kier alpha value is -4.57. The number of para-hydroxylation sites is 2. The van der Waals surface area contributed by atoms with Crippen LogP contribution in [0.15, 0.2) is 72.8 Å². The van der Waals surface area contributed by atoms with Crippen LogP contribution in [0.2, 0.25) is 5.02 Å². The molecule has 0 aromatic heterocycles. The molecule has 4 amide bonds. The average Bonchev–Trinajstić information content (AvgIpc) is 3.51. The molecular weight excluding hydrogens is 560 g/mol. The number of carboxylic acids is 1. The number of rotatable bonds is 11. The molecule has 42 heavy (non-hydrogen) atoms. The number of benzene rings is 3. The Labute approximate surface area is 249 Å². The minimum absolute atomic E-state index is 0.0282. The van der Waals surface area contributed by atoms with Crippen LogP contribution in [-0.2, 0) is 9.59 Å². The molecule has 1 saturated carbocycles. The van der Waals surface area contributed by atoms with E-state index in [9.17, 15) is 24.3 Å². The quantitative estimate of drug-likeness (QED) is 0.273. The molecule has 10 nitrogen and oxygen atoms in total. The van der Waals surface area contributed by atoms with Gasteiger partial charge in [-0.25, -0.2) is 9.59 Å². The van der Waals surface area contributed by atoms with E-state index < -0.39 is 12.0 Å². The van der Waals surface area contributed by atoms with E-state index in [2.05, 4.69) is 10.6 Å². The lowest BCUT2D eigenvalue weighted by Crippen LogP contribution is -2.43. The largest absolute Gasteiger partial charge is 0.482 e. The molecule has 220 valence electrons. The lowest BCUT2D eigenvalue weighted by atomic mass is 10.1. The van der Waals surface area contributed by atoms with Gasteiger partial charge in [0.2, 0.25) is 5.91 Å². The zero-order chi connectivity index (χ0) is 30.1. The number of aromatic carboxylic acids is 1. The third-order valence-corrected chi connectivity index (χ3v) is 7.30. The number of halogens is 1. The van der Waals surface area contributed by atoms with Gasteiger partial charge in [-0.05, 0) is 67.3 Å². The van der Waals surface area contributed by atoms with Crippen molar-refractivity contribution >= 4 is 52.5 Å². The first-order chi connectivity index (χ1) is 20.2. The monoisotopic (exact) mass is 592 g/mol. The number of anilines is 3. The van der Waals surface area contributed by atoms with Gasteiger partial charge in [-0.2, -0.15) is 0 Å². The summed E-state index contributed by atoms with van der Waals surface area (Å²) in [5, 5.41) is 14.8. The number of carbonyl (C=O) groups excluding carboxylic acids is 3. The van der Waals surface area contributed by atoms with E-state index in [1.54, 1.807) is 66.5 Å². The minimum atomic E-state index is -1.12. The lowest BCUT2D eigenvalue weighted by molar-refractivity contribution is -0.120. The number of nitrogens with one attached hydrogen (secondary N) is 2. The molecule has 1 aliphatic rings. The van der Waals surface area contributed by atoms with Crippen molar-refractivity contribution in [1.82, 2.24) is 5.32 Å². The van der Waals surface area contributed by atoms with Crippen LogP contribution in [0.4, 0.5) is 21.9 Å². The summed E-state index contributed by atoms with van der Waals surface area (Å²) >= 11 is 6.07. The molecular formula is C31H33ClN4O6. The van der Waals surface area contributed by atoms with E-state index in [1.807, 2.05) is 0 Å². The van der Waals surface area contributed by atoms with Gasteiger partial charge in [-0.3, -0.25) is 9.59 Å². The summed E-state index contributed by atoms with van der Waals surface area (Å²) in [5.74, 6) is -1.10. The molecule has 0 bridgehead atoms. The Morgan fingerprint density at radius 1 is 0.952 bits per heavy atom. The zero-order valence-electron chi connectivity index (χ0n) is 23.2. The highest BCUT2D eigenvalue weighted by molar-refractivity contribution is 6.30. The van der Waals surface area contributed by atoms with Crippen LogP contribution in [0.25, 0.3) is 0 Å². The number of urea groups is 1. The molecule has 0 unspecified atom stereocenters. The summed E-state index contributed by atoms with van der Waals surface area (Å²) < 4.78 is 5.94. The standard InChI is InChI=1S/C31H33ClN4O6/c1-35(25-13-7-11-23(32)17-25)29(38)20-42-27-15-5-4-14-26(27)36(19-21-8-2-3-9-21)28(37)18-33-31(41)34-24-12-6-10-22(16-24)30(39)40/h4-7,10-17,21H,2-3,8-9,18-20H2,1H3,(H,39,40)(H2,33,34,41). The third-order valence-electron chi connectivity index (χ3n) is 7.06. The number of likely N-dealkylation sites (N-methyl/N-ethyl adjacent to an activating group) is 1. The van der Waals surface area contributed by atoms with Crippen molar-refractivity contribution in [3.8, 4) is 5.75 Å². The number of hydrogen-bond donors (Lipinski definition) is 3. The molecule has 0 aliphatic heterocycles. The molecule has 0 atom stereocenters. The van der Waals surface area contributed by atoms with E-state index in [0.717, 1.165) is 25.7 Å². The molecule has 3 aromatic rings. The van der Waals surface area contributed by atoms with Gasteiger partial charge in [0.15, 0.2) is 6.61 Å². The maximum Gasteiger partial charge on any atom is 0.335 e. The Morgan fingerprint density at radius 2 is 1.69 bits per heavy atom. The van der Waals surface area contributed by atoms with Crippen molar-refractivity contribution in [2.45, 2.75) is 25.7 Å². The predicted molar refractivity (Wildman–Crippen MR) is 162 cm³/mol. The van der Waals surface area contributed by atoms with Crippen molar-refractivity contribution in [2.75, 3.05) is 41.9 Å². The summed E-state index contributed by atoms with van der Waals surface area (Å²) in [6.45, 7) is -0.122. The summed E-state index contributed by atoms with van der Waals surface area (Å²) in [6, 6.07) is 19.1. The number of carboxylic acid groups (broad SMARTS) is 1. The van der Waals surface area contributed by atoms with Crippen LogP contribution in [0.3, 0.4) is 0 Å². The van der Waals surface area contributed by atoms with Gasteiger partial charge in [-0.15, -0.1) is 0 Å². The predicted octanol–water partition coefficient (Wildman–Crippen LogP) is 5.42. The second-order valence-electron chi connectivity index (χ2n) is 10.0. The van der Waals surface area contributed by atoms with Gasteiger partial charge in [0.05, 0.1) is 17.8 Å². The topological polar surface area (TPSA) is 128 Å². The first-order valence-electron chi connectivity index (χ1n) is 13.6. The third kappa shape index (κ3) is 8.23. The normalized spacial score (nSPS) is 12.8. The second kappa shape index (κ2) is 14.4. The molecule has 1 fully saturated rings. The van der Waals surface area contributed by atoms with Gasteiger partial charge in [0.1, 0.15) is 5.75 Å². The molecule has 1 aliphatic carbocycles. The highest BCUT2D eigenvalue weighted by atomic mass is 35.5. The fourth-order valence-corrected chi connectivity index (χ4v) is 4.99. The van der Waals surface area contributed by atoms with Crippen LogP contribution in [0.1, 0.15) is 36.0 Å². The second-order valence-corrected chi connectivity index (χ2v) is 10.5. The molecule has 0 heterocycles. The van der Waals surface area contributed by atoms with Gasteiger partial charge < -0.3 is 30.3 Å². The lowest BCUT2D eigenvalue weighted by Gasteiger charge is -2.28. The van der Waals surface area contributed by atoms with Crippen molar-refractivity contribution in [3.05, 3.63) is 83.4 Å². The Bertz CT molecular complexity index is 1440. The Balaban J connectivity index is 1.44. The number of nitrogens with zero attached hydrogens (tertiary/aromatic N) is 2. The first kappa shape index (κ1) is 30.4.